The van der Waals surface area contributed by atoms with E-state index in [4.69, 9.17) is 15.1 Å². The topological polar surface area (TPSA) is 137 Å². The molecule has 0 spiro atoms. The van der Waals surface area contributed by atoms with Crippen molar-refractivity contribution in [2.24, 2.45) is 5.73 Å². The van der Waals surface area contributed by atoms with E-state index in [1.807, 2.05) is 54.5 Å². The lowest BCUT2D eigenvalue weighted by Gasteiger charge is -2.23. The second kappa shape index (κ2) is 10.7. The smallest absolute Gasteiger partial charge is 0.266 e. The van der Waals surface area contributed by atoms with Gasteiger partial charge in [0.15, 0.2) is 0 Å². The van der Waals surface area contributed by atoms with Crippen LogP contribution >= 0.6 is 11.3 Å². The van der Waals surface area contributed by atoms with Gasteiger partial charge < -0.3 is 15.1 Å². The molecule has 4 aromatic heterocycles. The molecule has 5 heterocycles. The van der Waals surface area contributed by atoms with Crippen LogP contribution in [0.5, 0.6) is 0 Å². The molecule has 1 fully saturated rings. The second-order valence-electron chi connectivity index (χ2n) is 10.2. The summed E-state index contributed by atoms with van der Waals surface area (Å²) in [7, 11) is 0. The minimum Gasteiger partial charge on any atom is -0.417 e. The SMILES string of the molecule is Cc1csc(C2CCCN2C(=O)c2cc(-c3cncnc3)nc(-c3nnc(C(C)(N)Cc4ccccc4)o3)c2)n1. The molecule has 6 rings (SSSR count). The van der Waals surface area contributed by atoms with Gasteiger partial charge in [-0.2, -0.15) is 0 Å². The van der Waals surface area contributed by atoms with E-state index in [0.29, 0.717) is 35.5 Å². The van der Waals surface area contributed by atoms with Crippen molar-refractivity contribution in [3.63, 3.8) is 0 Å². The second-order valence-corrected chi connectivity index (χ2v) is 11.1. The number of benzene rings is 1. The molecule has 0 bridgehead atoms. The van der Waals surface area contributed by atoms with Gasteiger partial charge in [-0.15, -0.1) is 21.5 Å². The third kappa shape index (κ3) is 5.25. The van der Waals surface area contributed by atoms with Crippen molar-refractivity contribution >= 4 is 17.2 Å². The first-order valence-electron chi connectivity index (χ1n) is 13.0. The van der Waals surface area contributed by atoms with Crippen molar-refractivity contribution < 1.29 is 9.21 Å². The summed E-state index contributed by atoms with van der Waals surface area (Å²) in [4.78, 5) is 33.5. The minimum absolute atomic E-state index is 0.0581. The number of aryl methyl sites for hydroxylation is 1. The predicted octanol–water partition coefficient (Wildman–Crippen LogP) is 4.75. The fraction of sp³-hybridized carbons (Fsp3) is 0.276. The van der Waals surface area contributed by atoms with Gasteiger partial charge in [0.2, 0.25) is 5.89 Å². The molecule has 0 saturated carbocycles. The first kappa shape index (κ1) is 25.9. The average Bonchev–Trinajstić information content (AvgIpc) is 3.74. The summed E-state index contributed by atoms with van der Waals surface area (Å²) in [6.07, 6.45) is 7.06. The Morgan fingerprint density at radius 2 is 1.90 bits per heavy atom. The van der Waals surface area contributed by atoms with Crippen molar-refractivity contribution in [3.8, 4) is 22.8 Å². The zero-order valence-electron chi connectivity index (χ0n) is 22.2. The molecular formula is C29H28N8O2S. The summed E-state index contributed by atoms with van der Waals surface area (Å²) in [5.74, 6) is 0.360. The number of hydrogen-bond acceptors (Lipinski definition) is 10. The Hall–Kier alpha value is -4.35. The van der Waals surface area contributed by atoms with Gasteiger partial charge in [0.05, 0.1) is 17.3 Å². The number of likely N-dealkylation sites (tertiary alicyclic amines) is 1. The number of amides is 1. The van der Waals surface area contributed by atoms with Crippen molar-refractivity contribution in [1.82, 2.24) is 35.0 Å². The van der Waals surface area contributed by atoms with Crippen molar-refractivity contribution in [1.29, 1.82) is 0 Å². The monoisotopic (exact) mass is 552 g/mol. The zero-order chi connectivity index (χ0) is 27.7. The van der Waals surface area contributed by atoms with Crippen LogP contribution in [0.15, 0.2) is 71.0 Å². The lowest BCUT2D eigenvalue weighted by atomic mass is 9.94. The number of pyridine rings is 1. The number of thiazole rings is 1. The number of rotatable bonds is 7. The van der Waals surface area contributed by atoms with Gasteiger partial charge in [-0.1, -0.05) is 30.3 Å². The van der Waals surface area contributed by atoms with Gasteiger partial charge in [-0.05, 0) is 50.8 Å². The highest BCUT2D eigenvalue weighted by Crippen LogP contribution is 2.36. The molecule has 1 aliphatic heterocycles. The Morgan fingerprint density at radius 1 is 1.12 bits per heavy atom. The molecule has 1 amide bonds. The normalized spacial score (nSPS) is 16.7. The Morgan fingerprint density at radius 3 is 2.65 bits per heavy atom. The van der Waals surface area contributed by atoms with Crippen molar-refractivity contribution in [2.75, 3.05) is 6.54 Å². The maximum absolute atomic E-state index is 13.9. The lowest BCUT2D eigenvalue weighted by molar-refractivity contribution is 0.0735. The first-order chi connectivity index (χ1) is 19.4. The fourth-order valence-corrected chi connectivity index (χ4v) is 5.90. The van der Waals surface area contributed by atoms with E-state index < -0.39 is 5.54 Å². The van der Waals surface area contributed by atoms with Crippen LogP contribution in [-0.2, 0) is 12.0 Å². The molecule has 1 aromatic carbocycles. The van der Waals surface area contributed by atoms with E-state index in [2.05, 4.69) is 25.1 Å². The highest BCUT2D eigenvalue weighted by atomic mass is 32.1. The van der Waals surface area contributed by atoms with E-state index in [1.165, 1.54) is 6.33 Å². The molecule has 2 unspecified atom stereocenters. The van der Waals surface area contributed by atoms with E-state index in [-0.39, 0.29) is 23.7 Å². The standard InChI is InChI=1S/C29H28N8O2S/c1-18-16-40-26(33-18)24-9-6-10-37(24)27(38)20-11-22(21-14-31-17-32-15-21)34-23(12-20)25-35-36-28(39-25)29(2,30)13-19-7-4-3-5-8-19/h3-5,7-8,11-12,14-17,24H,6,9-10,13,30H2,1-2H3. The molecule has 1 aliphatic rings. The van der Waals surface area contributed by atoms with E-state index in [1.54, 1.807) is 35.9 Å². The summed E-state index contributed by atoms with van der Waals surface area (Å²) < 4.78 is 6.08. The van der Waals surface area contributed by atoms with Gasteiger partial charge in [-0.25, -0.2) is 19.9 Å². The number of aromatic nitrogens is 6. The molecule has 2 atom stereocenters. The van der Waals surface area contributed by atoms with Crippen LogP contribution in [0.1, 0.15) is 58.3 Å². The Bertz CT molecular complexity index is 1630. The molecule has 0 radical (unpaired) electrons. The molecule has 0 aliphatic carbocycles. The molecule has 40 heavy (non-hydrogen) atoms. The molecule has 10 nitrogen and oxygen atoms in total. The van der Waals surface area contributed by atoms with Gasteiger partial charge >= 0.3 is 0 Å². The molecular weight excluding hydrogens is 524 g/mol. The largest absolute Gasteiger partial charge is 0.417 e. The van der Waals surface area contributed by atoms with Crippen LogP contribution in [0, 0.1) is 6.92 Å². The predicted molar refractivity (Wildman–Crippen MR) is 150 cm³/mol. The van der Waals surface area contributed by atoms with Gasteiger partial charge in [0.25, 0.3) is 11.8 Å². The quantitative estimate of drug-likeness (QED) is 0.303. The van der Waals surface area contributed by atoms with Crippen LogP contribution < -0.4 is 5.73 Å². The van der Waals surface area contributed by atoms with Gasteiger partial charge in [-0.3, -0.25) is 4.79 Å². The van der Waals surface area contributed by atoms with Crippen LogP contribution in [-0.4, -0.2) is 47.5 Å². The van der Waals surface area contributed by atoms with Crippen molar-refractivity contribution in [3.05, 3.63) is 94.3 Å². The highest BCUT2D eigenvalue weighted by Gasteiger charge is 2.34. The minimum atomic E-state index is -0.898. The summed E-state index contributed by atoms with van der Waals surface area (Å²) in [5, 5.41) is 11.5. The number of carbonyl (C=O) groups is 1. The van der Waals surface area contributed by atoms with Gasteiger partial charge in [0.1, 0.15) is 17.0 Å². The number of nitrogens with zero attached hydrogens (tertiary/aromatic N) is 7. The molecule has 202 valence electrons. The van der Waals surface area contributed by atoms with E-state index >= 15 is 0 Å². The summed E-state index contributed by atoms with van der Waals surface area (Å²) in [6, 6.07) is 13.3. The highest BCUT2D eigenvalue weighted by molar-refractivity contribution is 7.09. The van der Waals surface area contributed by atoms with Crippen LogP contribution in [0.2, 0.25) is 0 Å². The number of nitrogens with two attached hydrogens (primary N) is 1. The maximum atomic E-state index is 13.9. The Labute approximate surface area is 235 Å². The summed E-state index contributed by atoms with van der Waals surface area (Å²) in [5.41, 5.74) is 9.77. The van der Waals surface area contributed by atoms with Crippen LogP contribution in [0.25, 0.3) is 22.8 Å². The first-order valence-corrected chi connectivity index (χ1v) is 13.9. The summed E-state index contributed by atoms with van der Waals surface area (Å²) in [6.45, 7) is 4.47. The van der Waals surface area contributed by atoms with Crippen LogP contribution in [0.3, 0.4) is 0 Å². The number of carbonyl (C=O) groups excluding carboxylic acids is 1. The maximum Gasteiger partial charge on any atom is 0.266 e. The fourth-order valence-electron chi connectivity index (χ4n) is 4.95. The third-order valence-electron chi connectivity index (χ3n) is 6.91. The number of hydrogen-bond donors (Lipinski definition) is 1. The molecule has 1 saturated heterocycles. The van der Waals surface area contributed by atoms with E-state index in [9.17, 15) is 4.79 Å². The average molecular weight is 553 g/mol. The molecule has 11 heteroatoms. The zero-order valence-corrected chi connectivity index (χ0v) is 23.0. The van der Waals surface area contributed by atoms with Gasteiger partial charge in [0, 0.05) is 41.1 Å². The van der Waals surface area contributed by atoms with Crippen LogP contribution in [0.4, 0.5) is 0 Å². The Balaban J connectivity index is 1.36. The summed E-state index contributed by atoms with van der Waals surface area (Å²) >= 11 is 1.59. The van der Waals surface area contributed by atoms with Crippen molar-refractivity contribution in [2.45, 2.75) is 44.7 Å². The Kier molecular flexibility index (Phi) is 6.91. The molecule has 5 aromatic rings. The lowest BCUT2D eigenvalue weighted by Crippen LogP contribution is -2.35. The van der Waals surface area contributed by atoms with E-state index in [0.717, 1.165) is 29.1 Å². The molecule has 2 N–H and O–H groups in total. The third-order valence-corrected chi connectivity index (χ3v) is 7.97.